The lowest BCUT2D eigenvalue weighted by Gasteiger charge is -2.09. The predicted molar refractivity (Wildman–Crippen MR) is 120 cm³/mol. The lowest BCUT2D eigenvalue weighted by molar-refractivity contribution is 0.263. The number of ether oxygens (including phenoxy) is 4. The van der Waals surface area contributed by atoms with Crippen molar-refractivity contribution in [2.45, 2.75) is 12.2 Å². The first-order valence-corrected chi connectivity index (χ1v) is 11.3. The van der Waals surface area contributed by atoms with Crippen LogP contribution in [0.1, 0.15) is 0 Å². The maximum atomic E-state index is 5.77. The quantitative estimate of drug-likeness (QED) is 0.386. The van der Waals surface area contributed by atoms with E-state index in [1.807, 2.05) is 48.1 Å². The average molecular weight is 536 g/mol. The second-order valence-electron chi connectivity index (χ2n) is 7.35. The molecule has 2 saturated heterocycles. The number of epoxide rings is 2. The fraction of sp³-hybridized carbons (Fsp3) is 0.318. The second kappa shape index (κ2) is 8.34. The number of nitrogens with zero attached hydrogens (tertiary/aromatic N) is 2. The summed E-state index contributed by atoms with van der Waals surface area (Å²) in [6, 6.07) is 14.0. The highest BCUT2D eigenvalue weighted by atomic mass is 79.9. The monoisotopic (exact) mass is 534 g/mol. The van der Waals surface area contributed by atoms with Crippen molar-refractivity contribution in [3.8, 4) is 34.0 Å². The van der Waals surface area contributed by atoms with Gasteiger partial charge >= 0.3 is 0 Å². The molecule has 0 aliphatic carbocycles. The molecule has 0 bridgehead atoms. The van der Waals surface area contributed by atoms with Crippen molar-refractivity contribution in [2.24, 2.45) is 7.05 Å². The molecular formula is C22H20Br2N2O4. The Labute approximate surface area is 191 Å². The molecule has 3 heterocycles. The van der Waals surface area contributed by atoms with Crippen molar-refractivity contribution >= 4 is 31.9 Å². The summed E-state index contributed by atoms with van der Waals surface area (Å²) in [6.45, 7) is 2.74. The van der Waals surface area contributed by atoms with Gasteiger partial charge in [-0.15, -0.1) is 0 Å². The van der Waals surface area contributed by atoms with Gasteiger partial charge in [-0.1, -0.05) is 0 Å². The van der Waals surface area contributed by atoms with E-state index in [1.54, 1.807) is 0 Å². The molecule has 2 fully saturated rings. The van der Waals surface area contributed by atoms with Crippen LogP contribution in [-0.2, 0) is 16.5 Å². The second-order valence-corrected chi connectivity index (χ2v) is 9.06. The molecule has 156 valence electrons. The van der Waals surface area contributed by atoms with E-state index in [4.69, 9.17) is 24.0 Å². The van der Waals surface area contributed by atoms with Crippen LogP contribution in [0.15, 0.2) is 51.4 Å². The molecule has 0 radical (unpaired) electrons. The Morgan fingerprint density at radius 2 is 1.43 bits per heavy atom. The number of aryl methyl sites for hydroxylation is 1. The Bertz CT molecular complexity index is 1080. The van der Waals surface area contributed by atoms with Crippen molar-refractivity contribution in [2.75, 3.05) is 26.4 Å². The van der Waals surface area contributed by atoms with E-state index in [1.165, 1.54) is 0 Å². The summed E-state index contributed by atoms with van der Waals surface area (Å²) in [5, 5.41) is 4.72. The maximum Gasteiger partial charge on any atom is 0.120 e. The zero-order chi connectivity index (χ0) is 20.7. The molecule has 30 heavy (non-hydrogen) atoms. The summed E-state index contributed by atoms with van der Waals surface area (Å²) in [7, 11) is 1.95. The first-order chi connectivity index (χ1) is 14.6. The summed E-state index contributed by atoms with van der Waals surface area (Å²) in [5.74, 6) is 1.63. The number of benzene rings is 2. The standard InChI is InChI=1S/C22H20Br2N2O4/c1-26-22(18-5-3-14(7-20(18)24)28-10-16-12-30-16)8-21(25-26)17-4-2-13(6-19(17)23)27-9-15-11-29-15/h2-8,15-16H,9-12H2,1H3. The molecule has 5 rings (SSSR count). The van der Waals surface area contributed by atoms with Crippen molar-refractivity contribution in [1.82, 2.24) is 9.78 Å². The number of hydrogen-bond donors (Lipinski definition) is 0. The van der Waals surface area contributed by atoms with Gasteiger partial charge < -0.3 is 18.9 Å². The zero-order valence-electron chi connectivity index (χ0n) is 16.3. The van der Waals surface area contributed by atoms with Gasteiger partial charge in [0.2, 0.25) is 0 Å². The fourth-order valence-corrected chi connectivity index (χ4v) is 4.27. The van der Waals surface area contributed by atoms with Gasteiger partial charge in [-0.05, 0) is 74.3 Å². The van der Waals surface area contributed by atoms with E-state index in [2.05, 4.69) is 37.9 Å². The Morgan fingerprint density at radius 3 is 1.93 bits per heavy atom. The number of hydrogen-bond acceptors (Lipinski definition) is 5. The van der Waals surface area contributed by atoms with E-state index in [0.29, 0.717) is 13.2 Å². The van der Waals surface area contributed by atoms with Gasteiger partial charge in [-0.2, -0.15) is 5.10 Å². The molecule has 2 atom stereocenters. The third-order valence-electron chi connectivity index (χ3n) is 4.99. The first kappa shape index (κ1) is 20.1. The van der Waals surface area contributed by atoms with Crippen molar-refractivity contribution in [1.29, 1.82) is 0 Å². The highest BCUT2D eigenvalue weighted by Crippen LogP contribution is 2.36. The minimum absolute atomic E-state index is 0.235. The topological polar surface area (TPSA) is 61.3 Å². The molecule has 2 unspecified atom stereocenters. The largest absolute Gasteiger partial charge is 0.491 e. The van der Waals surface area contributed by atoms with Crippen LogP contribution in [0.4, 0.5) is 0 Å². The highest BCUT2D eigenvalue weighted by molar-refractivity contribution is 9.11. The van der Waals surface area contributed by atoms with E-state index in [-0.39, 0.29) is 12.2 Å². The van der Waals surface area contributed by atoms with Crippen LogP contribution in [0.2, 0.25) is 0 Å². The molecule has 0 saturated carbocycles. The van der Waals surface area contributed by atoms with Crippen LogP contribution in [0.25, 0.3) is 22.5 Å². The van der Waals surface area contributed by atoms with Gasteiger partial charge in [-0.25, -0.2) is 0 Å². The number of halogens is 2. The van der Waals surface area contributed by atoms with Crippen LogP contribution in [0, 0.1) is 0 Å². The molecule has 1 aromatic heterocycles. The minimum atomic E-state index is 0.235. The number of aromatic nitrogens is 2. The van der Waals surface area contributed by atoms with Crippen LogP contribution < -0.4 is 9.47 Å². The van der Waals surface area contributed by atoms with Gasteiger partial charge in [0.05, 0.1) is 24.6 Å². The predicted octanol–water partition coefficient (Wildman–Crippen LogP) is 4.83. The van der Waals surface area contributed by atoms with Crippen LogP contribution >= 0.6 is 31.9 Å². The SMILES string of the molecule is Cn1nc(-c2ccc(OCC3CO3)cc2Br)cc1-c1ccc(OCC2CO2)cc1Br. The Balaban J connectivity index is 1.36. The Hall–Kier alpha value is -1.87. The van der Waals surface area contributed by atoms with Crippen molar-refractivity contribution in [3.63, 3.8) is 0 Å². The van der Waals surface area contributed by atoms with E-state index in [0.717, 1.165) is 56.2 Å². The van der Waals surface area contributed by atoms with E-state index >= 15 is 0 Å². The average Bonchev–Trinajstić information content (AvgIpc) is 3.65. The smallest absolute Gasteiger partial charge is 0.120 e. The fourth-order valence-electron chi connectivity index (χ4n) is 3.14. The molecule has 2 aliphatic heterocycles. The number of rotatable bonds is 8. The van der Waals surface area contributed by atoms with Gasteiger partial charge in [0, 0.05) is 27.1 Å². The summed E-state index contributed by atoms with van der Waals surface area (Å²) >= 11 is 7.33. The lowest BCUT2D eigenvalue weighted by atomic mass is 10.1. The zero-order valence-corrected chi connectivity index (χ0v) is 19.5. The lowest BCUT2D eigenvalue weighted by Crippen LogP contribution is -2.04. The highest BCUT2D eigenvalue weighted by Gasteiger charge is 2.24. The van der Waals surface area contributed by atoms with E-state index in [9.17, 15) is 0 Å². The van der Waals surface area contributed by atoms with Crippen molar-refractivity contribution < 1.29 is 18.9 Å². The van der Waals surface area contributed by atoms with Crippen LogP contribution in [0.5, 0.6) is 11.5 Å². The van der Waals surface area contributed by atoms with Crippen LogP contribution in [0.3, 0.4) is 0 Å². The van der Waals surface area contributed by atoms with Gasteiger partial charge in [0.25, 0.3) is 0 Å². The molecule has 0 N–H and O–H groups in total. The minimum Gasteiger partial charge on any atom is -0.491 e. The van der Waals surface area contributed by atoms with Gasteiger partial charge in [0.1, 0.15) is 36.9 Å². The summed E-state index contributed by atoms with van der Waals surface area (Å²) in [6.07, 6.45) is 0.472. The third kappa shape index (κ3) is 4.56. The Morgan fingerprint density at radius 1 is 0.900 bits per heavy atom. The molecule has 0 spiro atoms. The maximum absolute atomic E-state index is 5.77. The molecule has 0 amide bonds. The van der Waals surface area contributed by atoms with Crippen molar-refractivity contribution in [3.05, 3.63) is 51.4 Å². The molecule has 6 nitrogen and oxygen atoms in total. The molecule has 2 aliphatic rings. The molecule has 3 aromatic rings. The normalized spacial score (nSPS) is 19.6. The van der Waals surface area contributed by atoms with Gasteiger partial charge in [0.15, 0.2) is 0 Å². The molecule has 8 heteroatoms. The summed E-state index contributed by atoms with van der Waals surface area (Å²) < 4.78 is 25.7. The van der Waals surface area contributed by atoms with E-state index < -0.39 is 0 Å². The van der Waals surface area contributed by atoms with Crippen LogP contribution in [-0.4, -0.2) is 48.4 Å². The Kier molecular flexibility index (Phi) is 5.58. The third-order valence-corrected chi connectivity index (χ3v) is 6.30. The summed E-state index contributed by atoms with van der Waals surface area (Å²) in [5.41, 5.74) is 3.95. The first-order valence-electron chi connectivity index (χ1n) is 9.69. The molecule has 2 aromatic carbocycles. The van der Waals surface area contributed by atoms with Gasteiger partial charge in [-0.3, -0.25) is 4.68 Å². The molecular weight excluding hydrogens is 516 g/mol. The summed E-state index contributed by atoms with van der Waals surface area (Å²) in [4.78, 5) is 0.